The molecule has 3 rings (SSSR count). The number of rotatable bonds is 4. The molecular weight excluding hydrogens is 272 g/mol. The Kier molecular flexibility index (Phi) is 4.46. The molecule has 1 atom stereocenters. The van der Waals surface area contributed by atoms with Gasteiger partial charge in [-0.1, -0.05) is 36.4 Å². The third kappa shape index (κ3) is 3.01. The van der Waals surface area contributed by atoms with E-state index < -0.39 is 6.10 Å². The van der Waals surface area contributed by atoms with Gasteiger partial charge in [-0.05, 0) is 44.8 Å². The second kappa shape index (κ2) is 6.51. The summed E-state index contributed by atoms with van der Waals surface area (Å²) in [6, 6.07) is 16.7. The molecule has 1 aliphatic rings. The zero-order valence-electron chi connectivity index (χ0n) is 13.4. The van der Waals surface area contributed by atoms with Crippen LogP contribution >= 0.6 is 0 Å². The number of hydrogen-bond donors (Lipinski definition) is 1. The summed E-state index contributed by atoms with van der Waals surface area (Å²) in [7, 11) is 4.21. The van der Waals surface area contributed by atoms with Crippen molar-refractivity contribution in [2.45, 2.75) is 18.9 Å². The molecule has 3 heteroatoms. The maximum absolute atomic E-state index is 10.6. The lowest BCUT2D eigenvalue weighted by molar-refractivity contribution is 0.180. The van der Waals surface area contributed by atoms with Gasteiger partial charge < -0.3 is 14.9 Å². The molecular formula is C19H24N2O. The maximum Gasteiger partial charge on any atom is 0.0851 e. The Bertz CT molecular complexity index is 639. The van der Waals surface area contributed by atoms with Crippen molar-refractivity contribution in [3.8, 4) is 0 Å². The molecule has 22 heavy (non-hydrogen) atoms. The average molecular weight is 296 g/mol. The Morgan fingerprint density at radius 2 is 1.73 bits per heavy atom. The fourth-order valence-corrected chi connectivity index (χ4v) is 3.20. The van der Waals surface area contributed by atoms with Crippen LogP contribution in [0, 0.1) is 0 Å². The molecule has 0 spiro atoms. The van der Waals surface area contributed by atoms with Crippen LogP contribution in [-0.4, -0.2) is 37.2 Å². The molecule has 2 aromatic rings. The fourth-order valence-electron chi connectivity index (χ4n) is 3.20. The molecule has 0 saturated heterocycles. The average Bonchev–Trinajstić information content (AvgIpc) is 2.63. The van der Waals surface area contributed by atoms with Gasteiger partial charge in [-0.25, -0.2) is 0 Å². The first-order valence-electron chi connectivity index (χ1n) is 7.94. The van der Waals surface area contributed by atoms with E-state index in [0.29, 0.717) is 6.42 Å². The van der Waals surface area contributed by atoms with Crippen LogP contribution < -0.4 is 4.90 Å². The second-order valence-electron chi connectivity index (χ2n) is 6.22. The van der Waals surface area contributed by atoms with Crippen LogP contribution in [0.2, 0.25) is 0 Å². The highest BCUT2D eigenvalue weighted by molar-refractivity contribution is 5.71. The minimum absolute atomic E-state index is 0.434. The lowest BCUT2D eigenvalue weighted by atomic mass is 10.0. The first-order chi connectivity index (χ1) is 10.7. The van der Waals surface area contributed by atoms with Gasteiger partial charge in [0.05, 0.1) is 6.10 Å². The Morgan fingerprint density at radius 3 is 2.50 bits per heavy atom. The minimum atomic E-state index is -0.434. The van der Waals surface area contributed by atoms with Crippen molar-refractivity contribution in [3.63, 3.8) is 0 Å². The van der Waals surface area contributed by atoms with E-state index in [1.807, 2.05) is 12.1 Å². The van der Waals surface area contributed by atoms with E-state index >= 15 is 0 Å². The zero-order chi connectivity index (χ0) is 15.5. The monoisotopic (exact) mass is 296 g/mol. The van der Waals surface area contributed by atoms with Crippen molar-refractivity contribution in [1.29, 1.82) is 0 Å². The number of fused-ring (bicyclic) bond motifs is 2. The zero-order valence-corrected chi connectivity index (χ0v) is 13.4. The first kappa shape index (κ1) is 15.1. The van der Waals surface area contributed by atoms with Crippen LogP contribution in [0.5, 0.6) is 0 Å². The summed E-state index contributed by atoms with van der Waals surface area (Å²) >= 11 is 0. The molecule has 2 aromatic carbocycles. The Hall–Kier alpha value is -1.84. The SMILES string of the molecule is CN(C)CCCN1c2ccccc2CC(O)c2ccccc21. The largest absolute Gasteiger partial charge is 0.388 e. The van der Waals surface area contributed by atoms with Gasteiger partial charge in [0.25, 0.3) is 0 Å². The smallest absolute Gasteiger partial charge is 0.0851 e. The van der Waals surface area contributed by atoms with Crippen LogP contribution in [0.4, 0.5) is 11.4 Å². The normalized spacial score (nSPS) is 17.1. The van der Waals surface area contributed by atoms with E-state index in [4.69, 9.17) is 0 Å². The highest BCUT2D eigenvalue weighted by Gasteiger charge is 2.24. The topological polar surface area (TPSA) is 26.7 Å². The van der Waals surface area contributed by atoms with Crippen molar-refractivity contribution in [1.82, 2.24) is 4.90 Å². The van der Waals surface area contributed by atoms with Crippen LogP contribution in [0.25, 0.3) is 0 Å². The molecule has 0 saturated carbocycles. The fraction of sp³-hybridized carbons (Fsp3) is 0.368. The summed E-state index contributed by atoms with van der Waals surface area (Å²) in [6.07, 6.45) is 1.33. The first-order valence-corrected chi connectivity index (χ1v) is 7.94. The molecule has 3 nitrogen and oxygen atoms in total. The standard InChI is InChI=1S/C19H24N2O/c1-20(2)12-7-13-21-17-10-5-3-8-15(17)14-19(22)16-9-4-6-11-18(16)21/h3-6,8-11,19,22H,7,12-14H2,1-2H3. The van der Waals surface area contributed by atoms with Gasteiger partial charge in [-0.15, -0.1) is 0 Å². The summed E-state index contributed by atoms with van der Waals surface area (Å²) in [5.41, 5.74) is 4.61. The molecule has 1 heterocycles. The van der Waals surface area contributed by atoms with Crippen LogP contribution in [0.15, 0.2) is 48.5 Å². The van der Waals surface area contributed by atoms with Gasteiger partial charge in [-0.3, -0.25) is 0 Å². The number of aliphatic hydroxyl groups excluding tert-OH is 1. The van der Waals surface area contributed by atoms with Crippen LogP contribution in [0.3, 0.4) is 0 Å². The number of benzene rings is 2. The minimum Gasteiger partial charge on any atom is -0.388 e. The molecule has 0 aliphatic carbocycles. The predicted octanol–water partition coefficient (Wildman–Crippen LogP) is 3.37. The molecule has 0 amide bonds. The van der Waals surface area contributed by atoms with E-state index in [2.05, 4.69) is 60.3 Å². The number of aliphatic hydroxyl groups is 1. The van der Waals surface area contributed by atoms with Crippen LogP contribution in [0.1, 0.15) is 23.7 Å². The number of anilines is 2. The molecule has 116 valence electrons. The van der Waals surface area contributed by atoms with E-state index in [1.165, 1.54) is 11.3 Å². The predicted molar refractivity (Wildman–Crippen MR) is 91.7 cm³/mol. The molecule has 1 aliphatic heterocycles. The van der Waals surface area contributed by atoms with Crippen molar-refractivity contribution >= 4 is 11.4 Å². The summed E-state index contributed by atoms with van der Waals surface area (Å²) < 4.78 is 0. The lowest BCUT2D eigenvalue weighted by Gasteiger charge is -2.27. The summed E-state index contributed by atoms with van der Waals surface area (Å²) in [4.78, 5) is 4.58. The van der Waals surface area contributed by atoms with Gasteiger partial charge in [0.15, 0.2) is 0 Å². The summed E-state index contributed by atoms with van der Waals surface area (Å²) in [6.45, 7) is 2.02. The molecule has 0 aromatic heterocycles. The van der Waals surface area contributed by atoms with E-state index in [1.54, 1.807) is 0 Å². The number of para-hydroxylation sites is 2. The van der Waals surface area contributed by atoms with Crippen molar-refractivity contribution < 1.29 is 5.11 Å². The number of hydrogen-bond acceptors (Lipinski definition) is 3. The summed E-state index contributed by atoms with van der Waals surface area (Å²) in [5.74, 6) is 0. The highest BCUT2D eigenvalue weighted by atomic mass is 16.3. The van der Waals surface area contributed by atoms with Gasteiger partial charge in [0, 0.05) is 29.9 Å². The molecule has 1 unspecified atom stereocenters. The maximum atomic E-state index is 10.6. The summed E-state index contributed by atoms with van der Waals surface area (Å²) in [5, 5.41) is 10.6. The quantitative estimate of drug-likeness (QED) is 0.937. The van der Waals surface area contributed by atoms with Gasteiger partial charge >= 0.3 is 0 Å². The lowest BCUT2D eigenvalue weighted by Crippen LogP contribution is -2.24. The Labute approximate surface area is 132 Å². The van der Waals surface area contributed by atoms with E-state index in [0.717, 1.165) is 30.8 Å². The Balaban J connectivity index is 2.00. The molecule has 0 radical (unpaired) electrons. The van der Waals surface area contributed by atoms with E-state index in [9.17, 15) is 5.11 Å². The highest BCUT2D eigenvalue weighted by Crippen LogP contribution is 2.39. The van der Waals surface area contributed by atoms with Crippen molar-refractivity contribution in [3.05, 3.63) is 59.7 Å². The van der Waals surface area contributed by atoms with Crippen molar-refractivity contribution in [2.75, 3.05) is 32.1 Å². The molecule has 1 N–H and O–H groups in total. The van der Waals surface area contributed by atoms with Crippen molar-refractivity contribution in [2.24, 2.45) is 0 Å². The van der Waals surface area contributed by atoms with Gasteiger partial charge in [0.2, 0.25) is 0 Å². The second-order valence-corrected chi connectivity index (χ2v) is 6.22. The third-order valence-corrected chi connectivity index (χ3v) is 4.27. The number of nitrogens with zero attached hydrogens (tertiary/aromatic N) is 2. The van der Waals surface area contributed by atoms with Gasteiger partial charge in [0.1, 0.15) is 0 Å². The van der Waals surface area contributed by atoms with Gasteiger partial charge in [-0.2, -0.15) is 0 Å². The molecule has 0 fully saturated rings. The molecule has 0 bridgehead atoms. The Morgan fingerprint density at radius 1 is 1.05 bits per heavy atom. The third-order valence-electron chi connectivity index (χ3n) is 4.27. The van der Waals surface area contributed by atoms with E-state index in [-0.39, 0.29) is 0 Å². The van der Waals surface area contributed by atoms with Crippen LogP contribution in [-0.2, 0) is 6.42 Å².